The number of anilines is 1. The van der Waals surface area contributed by atoms with Crippen molar-refractivity contribution in [2.24, 2.45) is 0 Å². The fourth-order valence-corrected chi connectivity index (χ4v) is 4.70. The van der Waals surface area contributed by atoms with Crippen LogP contribution >= 0.6 is 23.1 Å². The average molecular weight is 482 g/mol. The number of ether oxygens (including phenoxy) is 3. The van der Waals surface area contributed by atoms with Gasteiger partial charge in [0.1, 0.15) is 0 Å². The summed E-state index contributed by atoms with van der Waals surface area (Å²) >= 11 is 2.81. The molecular formula is C20H27N5O5S2. The smallest absolute Gasteiger partial charge is 0.260 e. The van der Waals surface area contributed by atoms with E-state index in [0.29, 0.717) is 50.8 Å². The lowest BCUT2D eigenvalue weighted by Gasteiger charge is -2.34. The highest BCUT2D eigenvalue weighted by Gasteiger charge is 2.24. The summed E-state index contributed by atoms with van der Waals surface area (Å²) < 4.78 is 16.5. The summed E-state index contributed by atoms with van der Waals surface area (Å²) in [6, 6.07) is 7.25. The van der Waals surface area contributed by atoms with Crippen LogP contribution in [0.15, 0.2) is 28.6 Å². The molecule has 1 saturated heterocycles. The van der Waals surface area contributed by atoms with Gasteiger partial charge in [-0.05, 0) is 12.1 Å². The van der Waals surface area contributed by atoms with E-state index in [9.17, 15) is 9.59 Å². The van der Waals surface area contributed by atoms with Crippen LogP contribution in [0.5, 0.6) is 11.5 Å². The number of carbonyl (C=O) groups excluding carboxylic acids is 2. The number of hydrogen-bond acceptors (Lipinski definition) is 10. The quantitative estimate of drug-likeness (QED) is 0.373. The lowest BCUT2D eigenvalue weighted by Crippen LogP contribution is -2.50. The largest absolute Gasteiger partial charge is 0.493 e. The molecule has 10 nitrogen and oxygen atoms in total. The third kappa shape index (κ3) is 6.97. The van der Waals surface area contributed by atoms with Gasteiger partial charge in [0.05, 0.1) is 19.5 Å². The highest BCUT2D eigenvalue weighted by Crippen LogP contribution is 2.29. The molecule has 1 N–H and O–H groups in total. The Bertz CT molecular complexity index is 889. The normalized spacial score (nSPS) is 13.7. The molecule has 2 heterocycles. The van der Waals surface area contributed by atoms with Gasteiger partial charge in [0.25, 0.3) is 5.91 Å². The van der Waals surface area contributed by atoms with Crippen LogP contribution in [-0.2, 0) is 14.3 Å². The lowest BCUT2D eigenvalue weighted by atomic mass is 10.3. The molecule has 1 aliphatic heterocycles. The minimum atomic E-state index is -0.0662. The molecule has 1 fully saturated rings. The first-order chi connectivity index (χ1) is 15.6. The van der Waals surface area contributed by atoms with Crippen LogP contribution in [0.2, 0.25) is 0 Å². The van der Waals surface area contributed by atoms with Gasteiger partial charge >= 0.3 is 0 Å². The van der Waals surface area contributed by atoms with Crippen molar-refractivity contribution in [3.8, 4) is 11.5 Å². The number of methoxy groups -OCH3 is 2. The van der Waals surface area contributed by atoms with E-state index in [1.54, 1.807) is 31.3 Å². The number of rotatable bonds is 11. The van der Waals surface area contributed by atoms with Gasteiger partial charge in [-0.2, -0.15) is 0 Å². The number of para-hydroxylation sites is 2. The predicted octanol–water partition coefficient (Wildman–Crippen LogP) is 1.13. The number of thioether (sulfide) groups is 1. The van der Waals surface area contributed by atoms with Gasteiger partial charge in [0.2, 0.25) is 11.0 Å². The van der Waals surface area contributed by atoms with Crippen molar-refractivity contribution >= 4 is 40.0 Å². The molecule has 0 saturated carbocycles. The van der Waals surface area contributed by atoms with Crippen LogP contribution in [0.4, 0.5) is 5.13 Å². The molecule has 0 bridgehead atoms. The van der Waals surface area contributed by atoms with Gasteiger partial charge in [-0.15, -0.1) is 10.2 Å². The molecule has 0 unspecified atom stereocenters. The maximum Gasteiger partial charge on any atom is 0.260 e. The molecule has 1 aromatic carbocycles. The Labute approximate surface area is 195 Å². The fraction of sp³-hybridized carbons (Fsp3) is 0.500. The zero-order valence-corrected chi connectivity index (χ0v) is 19.7. The lowest BCUT2D eigenvalue weighted by molar-refractivity contribution is -0.133. The van der Waals surface area contributed by atoms with Gasteiger partial charge in [-0.3, -0.25) is 9.59 Å². The Morgan fingerprint density at radius 1 is 1.12 bits per heavy atom. The Kier molecular flexibility index (Phi) is 9.38. The third-order valence-corrected chi connectivity index (χ3v) is 6.79. The third-order valence-electron chi connectivity index (χ3n) is 4.67. The topological polar surface area (TPSA) is 106 Å². The Hall–Kier alpha value is -2.57. The van der Waals surface area contributed by atoms with Crippen molar-refractivity contribution in [1.82, 2.24) is 20.4 Å². The van der Waals surface area contributed by atoms with Crippen LogP contribution in [0.1, 0.15) is 0 Å². The summed E-state index contributed by atoms with van der Waals surface area (Å²) in [6.45, 7) is 3.43. The predicted molar refractivity (Wildman–Crippen MR) is 123 cm³/mol. The van der Waals surface area contributed by atoms with Crippen molar-refractivity contribution in [3.63, 3.8) is 0 Å². The van der Waals surface area contributed by atoms with Crippen molar-refractivity contribution in [1.29, 1.82) is 0 Å². The van der Waals surface area contributed by atoms with Gasteiger partial charge in [-0.25, -0.2) is 0 Å². The van der Waals surface area contributed by atoms with Crippen molar-refractivity contribution in [2.45, 2.75) is 4.34 Å². The van der Waals surface area contributed by atoms with E-state index in [0.717, 1.165) is 9.47 Å². The number of benzene rings is 1. The number of amides is 2. The summed E-state index contributed by atoms with van der Waals surface area (Å²) in [7, 11) is 3.16. The number of hydrogen-bond donors (Lipinski definition) is 1. The maximum absolute atomic E-state index is 12.5. The minimum Gasteiger partial charge on any atom is -0.493 e. The van der Waals surface area contributed by atoms with E-state index in [1.807, 2.05) is 12.1 Å². The molecule has 32 heavy (non-hydrogen) atoms. The SMILES string of the molecule is COCCNC(=O)CSc1nnc(N2CCN(C(=O)COc3ccccc3OC)CC2)s1. The summed E-state index contributed by atoms with van der Waals surface area (Å²) in [4.78, 5) is 28.2. The zero-order valence-electron chi connectivity index (χ0n) is 18.1. The van der Waals surface area contributed by atoms with E-state index >= 15 is 0 Å². The second kappa shape index (κ2) is 12.5. The Morgan fingerprint density at radius 3 is 2.59 bits per heavy atom. The Morgan fingerprint density at radius 2 is 1.88 bits per heavy atom. The summed E-state index contributed by atoms with van der Waals surface area (Å²) in [5.74, 6) is 1.30. The second-order valence-corrected chi connectivity index (χ2v) is 8.97. The number of piperazine rings is 1. The van der Waals surface area contributed by atoms with Crippen LogP contribution in [0.25, 0.3) is 0 Å². The van der Waals surface area contributed by atoms with Crippen molar-refractivity contribution < 1.29 is 23.8 Å². The van der Waals surface area contributed by atoms with Crippen molar-refractivity contribution in [3.05, 3.63) is 24.3 Å². The number of nitrogens with zero attached hydrogens (tertiary/aromatic N) is 4. The molecule has 0 aliphatic carbocycles. The molecule has 174 valence electrons. The molecule has 1 aliphatic rings. The van der Waals surface area contributed by atoms with E-state index in [-0.39, 0.29) is 24.2 Å². The van der Waals surface area contributed by atoms with Crippen LogP contribution < -0.4 is 19.7 Å². The number of carbonyl (C=O) groups is 2. The molecule has 12 heteroatoms. The van der Waals surface area contributed by atoms with Crippen LogP contribution in [-0.4, -0.2) is 92.8 Å². The average Bonchev–Trinajstić information content (AvgIpc) is 3.31. The van der Waals surface area contributed by atoms with Crippen LogP contribution in [0, 0.1) is 0 Å². The molecule has 3 rings (SSSR count). The first-order valence-corrected chi connectivity index (χ1v) is 11.9. The van der Waals surface area contributed by atoms with E-state index in [2.05, 4.69) is 20.4 Å². The van der Waals surface area contributed by atoms with E-state index < -0.39 is 0 Å². The van der Waals surface area contributed by atoms with Gasteiger partial charge in [0.15, 0.2) is 22.4 Å². The highest BCUT2D eigenvalue weighted by atomic mass is 32.2. The molecule has 1 aromatic heterocycles. The second-order valence-electron chi connectivity index (χ2n) is 6.79. The molecule has 0 radical (unpaired) electrons. The number of aromatic nitrogens is 2. The van der Waals surface area contributed by atoms with Crippen LogP contribution in [0.3, 0.4) is 0 Å². The van der Waals surface area contributed by atoms with E-state index in [4.69, 9.17) is 14.2 Å². The summed E-state index contributed by atoms with van der Waals surface area (Å²) in [6.07, 6.45) is 0. The number of nitrogens with one attached hydrogen (secondary N) is 1. The molecule has 2 amide bonds. The summed E-state index contributed by atoms with van der Waals surface area (Å²) in [5.41, 5.74) is 0. The molecule has 0 spiro atoms. The maximum atomic E-state index is 12.5. The standard InChI is InChI=1S/C20H27N5O5S2/c1-28-12-7-21-17(26)14-31-20-23-22-19(32-20)25-10-8-24(9-11-25)18(27)13-30-16-6-4-3-5-15(16)29-2/h3-6H,7-14H2,1-2H3,(H,21,26). The van der Waals surface area contributed by atoms with Crippen molar-refractivity contribution in [2.75, 3.05) is 70.8 Å². The monoisotopic (exact) mass is 481 g/mol. The first kappa shape index (κ1) is 24.1. The first-order valence-electron chi connectivity index (χ1n) is 10.1. The summed E-state index contributed by atoms with van der Waals surface area (Å²) in [5, 5.41) is 12.0. The fourth-order valence-electron chi connectivity index (χ4n) is 2.98. The zero-order chi connectivity index (χ0) is 22.8. The molecular weight excluding hydrogens is 454 g/mol. The highest BCUT2D eigenvalue weighted by molar-refractivity contribution is 8.01. The molecule has 0 atom stereocenters. The minimum absolute atomic E-state index is 0.0353. The van der Waals surface area contributed by atoms with Gasteiger partial charge in [-0.1, -0.05) is 35.2 Å². The van der Waals surface area contributed by atoms with Gasteiger partial charge < -0.3 is 29.3 Å². The molecule has 2 aromatic rings. The van der Waals surface area contributed by atoms with Gasteiger partial charge in [0, 0.05) is 39.8 Å². The van der Waals surface area contributed by atoms with E-state index in [1.165, 1.54) is 23.1 Å². The Balaban J connectivity index is 1.40.